The quantitative estimate of drug-likeness (QED) is 0.849. The van der Waals surface area contributed by atoms with Crippen LogP contribution in [0, 0.1) is 6.92 Å². The Kier molecular flexibility index (Phi) is 2.94. The van der Waals surface area contributed by atoms with Gasteiger partial charge in [0.2, 0.25) is 0 Å². The van der Waals surface area contributed by atoms with Gasteiger partial charge in [0.15, 0.2) is 0 Å². The summed E-state index contributed by atoms with van der Waals surface area (Å²) in [7, 11) is 0. The Morgan fingerprint density at radius 2 is 1.94 bits per heavy atom. The molecule has 0 aliphatic heterocycles. The lowest BCUT2D eigenvalue weighted by molar-refractivity contribution is -0.137. The van der Waals surface area contributed by atoms with Crippen molar-refractivity contribution in [2.24, 2.45) is 0 Å². The van der Waals surface area contributed by atoms with Gasteiger partial charge in [-0.05, 0) is 19.1 Å². The molecule has 0 atom stereocenters. The lowest BCUT2D eigenvalue weighted by atomic mass is 10.0. The molecule has 3 nitrogen and oxygen atoms in total. The van der Waals surface area contributed by atoms with E-state index in [0.717, 1.165) is 6.07 Å². The minimum atomic E-state index is -4.51. The summed E-state index contributed by atoms with van der Waals surface area (Å²) in [5.74, 6) is -0.521. The molecule has 0 amide bonds. The van der Waals surface area contributed by atoms with Gasteiger partial charge in [-0.3, -0.25) is 4.98 Å². The first kappa shape index (κ1) is 12.3. The average Bonchev–Trinajstić information content (AvgIpc) is 2.29. The lowest BCUT2D eigenvalue weighted by Gasteiger charge is -2.11. The molecular formula is C12H10F3N3. The second kappa shape index (κ2) is 4.29. The van der Waals surface area contributed by atoms with Gasteiger partial charge >= 0.3 is 6.18 Å². The molecular weight excluding hydrogens is 243 g/mol. The first-order valence-corrected chi connectivity index (χ1v) is 5.14. The standard InChI is InChI=1S/C12H10F3N3/c1-7-9(3-2-4-17-7)8-5-10(12(13,14)15)11(16)18-6-8/h2-6H,1H3,(H2,16,18). The molecule has 18 heavy (non-hydrogen) atoms. The number of nitrogens with zero attached hydrogens (tertiary/aromatic N) is 2. The monoisotopic (exact) mass is 253 g/mol. The molecule has 0 fully saturated rings. The lowest BCUT2D eigenvalue weighted by Crippen LogP contribution is -2.10. The van der Waals surface area contributed by atoms with Crippen LogP contribution in [0.5, 0.6) is 0 Å². The Labute approximate surface area is 101 Å². The highest BCUT2D eigenvalue weighted by Crippen LogP contribution is 2.35. The fraction of sp³-hybridized carbons (Fsp3) is 0.167. The summed E-state index contributed by atoms with van der Waals surface area (Å²) in [6, 6.07) is 4.34. The third-order valence-electron chi connectivity index (χ3n) is 2.54. The maximum absolute atomic E-state index is 12.7. The topological polar surface area (TPSA) is 51.8 Å². The molecule has 0 aromatic carbocycles. The molecule has 0 saturated carbocycles. The van der Waals surface area contributed by atoms with Gasteiger partial charge in [0.1, 0.15) is 5.82 Å². The second-order valence-electron chi connectivity index (χ2n) is 3.79. The van der Waals surface area contributed by atoms with Crippen LogP contribution in [0.4, 0.5) is 19.0 Å². The number of halogens is 3. The minimum Gasteiger partial charge on any atom is -0.383 e. The largest absolute Gasteiger partial charge is 0.419 e. The molecule has 0 aliphatic rings. The Hall–Kier alpha value is -2.11. The van der Waals surface area contributed by atoms with E-state index in [2.05, 4.69) is 9.97 Å². The zero-order valence-electron chi connectivity index (χ0n) is 9.49. The highest BCUT2D eigenvalue weighted by atomic mass is 19.4. The van der Waals surface area contributed by atoms with Gasteiger partial charge in [-0.1, -0.05) is 6.07 Å². The number of alkyl halides is 3. The van der Waals surface area contributed by atoms with Crippen molar-refractivity contribution >= 4 is 5.82 Å². The van der Waals surface area contributed by atoms with Crippen molar-refractivity contribution in [3.63, 3.8) is 0 Å². The van der Waals surface area contributed by atoms with E-state index in [1.807, 2.05) is 0 Å². The Balaban J connectivity index is 2.58. The summed E-state index contributed by atoms with van der Waals surface area (Å²) in [4.78, 5) is 7.62. The number of anilines is 1. The van der Waals surface area contributed by atoms with Gasteiger partial charge in [-0.2, -0.15) is 13.2 Å². The second-order valence-corrected chi connectivity index (χ2v) is 3.79. The van der Waals surface area contributed by atoms with Crippen LogP contribution in [0.1, 0.15) is 11.3 Å². The number of nitrogen functional groups attached to an aromatic ring is 1. The van der Waals surface area contributed by atoms with Crippen LogP contribution in [0.25, 0.3) is 11.1 Å². The number of pyridine rings is 2. The average molecular weight is 253 g/mol. The molecule has 2 rings (SSSR count). The number of nitrogens with two attached hydrogens (primary N) is 1. The fourth-order valence-corrected chi connectivity index (χ4v) is 1.64. The number of hydrogen-bond acceptors (Lipinski definition) is 3. The fourth-order valence-electron chi connectivity index (χ4n) is 1.64. The number of hydrogen-bond donors (Lipinski definition) is 1. The van der Waals surface area contributed by atoms with Crippen LogP contribution < -0.4 is 5.73 Å². The zero-order chi connectivity index (χ0) is 13.3. The molecule has 94 valence electrons. The number of rotatable bonds is 1. The molecule has 0 unspecified atom stereocenters. The van der Waals surface area contributed by atoms with Gasteiger partial charge in [-0.25, -0.2) is 4.98 Å². The van der Waals surface area contributed by atoms with Gasteiger partial charge in [0.25, 0.3) is 0 Å². The Morgan fingerprint density at radius 3 is 2.56 bits per heavy atom. The number of aryl methyl sites for hydroxylation is 1. The summed E-state index contributed by atoms with van der Waals surface area (Å²) in [6.45, 7) is 1.72. The Morgan fingerprint density at radius 1 is 1.22 bits per heavy atom. The predicted octanol–water partition coefficient (Wildman–Crippen LogP) is 3.05. The van der Waals surface area contributed by atoms with E-state index >= 15 is 0 Å². The van der Waals surface area contributed by atoms with E-state index < -0.39 is 17.6 Å². The van der Waals surface area contributed by atoms with Gasteiger partial charge in [-0.15, -0.1) is 0 Å². The van der Waals surface area contributed by atoms with E-state index in [1.165, 1.54) is 6.20 Å². The molecule has 0 bridgehead atoms. The molecule has 2 aromatic heterocycles. The summed E-state index contributed by atoms with van der Waals surface area (Å²) >= 11 is 0. The van der Waals surface area contributed by atoms with Crippen molar-refractivity contribution in [2.45, 2.75) is 13.1 Å². The van der Waals surface area contributed by atoms with Crippen molar-refractivity contribution in [1.82, 2.24) is 9.97 Å². The molecule has 0 aliphatic carbocycles. The molecule has 0 radical (unpaired) electrons. The van der Waals surface area contributed by atoms with Gasteiger partial charge in [0, 0.05) is 29.2 Å². The van der Waals surface area contributed by atoms with Gasteiger partial charge < -0.3 is 5.73 Å². The van der Waals surface area contributed by atoms with Crippen LogP contribution in [0.3, 0.4) is 0 Å². The van der Waals surface area contributed by atoms with Crippen molar-refractivity contribution in [3.8, 4) is 11.1 Å². The van der Waals surface area contributed by atoms with Crippen LogP contribution in [-0.4, -0.2) is 9.97 Å². The first-order valence-electron chi connectivity index (χ1n) is 5.14. The SMILES string of the molecule is Cc1ncccc1-c1cnc(N)c(C(F)(F)F)c1. The number of aromatic nitrogens is 2. The van der Waals surface area contributed by atoms with E-state index in [-0.39, 0.29) is 0 Å². The van der Waals surface area contributed by atoms with Crippen molar-refractivity contribution in [1.29, 1.82) is 0 Å². The summed E-state index contributed by atoms with van der Waals surface area (Å²) in [6.07, 6.45) is -1.62. The first-order chi connectivity index (χ1) is 8.39. The molecule has 2 N–H and O–H groups in total. The van der Waals surface area contributed by atoms with Crippen molar-refractivity contribution in [2.75, 3.05) is 5.73 Å². The third kappa shape index (κ3) is 2.27. The Bertz CT molecular complexity index is 579. The minimum absolute atomic E-state index is 0.349. The molecule has 2 aromatic rings. The molecule has 2 heterocycles. The van der Waals surface area contributed by atoms with E-state index in [1.54, 1.807) is 25.3 Å². The normalized spacial score (nSPS) is 11.6. The third-order valence-corrected chi connectivity index (χ3v) is 2.54. The van der Waals surface area contributed by atoms with Crippen LogP contribution in [0.15, 0.2) is 30.6 Å². The predicted molar refractivity (Wildman–Crippen MR) is 61.6 cm³/mol. The maximum Gasteiger partial charge on any atom is 0.419 e. The van der Waals surface area contributed by atoms with Crippen molar-refractivity contribution in [3.05, 3.63) is 41.9 Å². The molecule has 6 heteroatoms. The summed E-state index contributed by atoms with van der Waals surface area (Å²) in [5, 5.41) is 0. The molecule has 0 saturated heterocycles. The van der Waals surface area contributed by atoms with Crippen LogP contribution in [0.2, 0.25) is 0 Å². The summed E-state index contributed by atoms with van der Waals surface area (Å²) in [5.41, 5.74) is 5.91. The zero-order valence-corrected chi connectivity index (χ0v) is 9.49. The van der Waals surface area contributed by atoms with Crippen LogP contribution in [-0.2, 0) is 6.18 Å². The van der Waals surface area contributed by atoms with Crippen molar-refractivity contribution < 1.29 is 13.2 Å². The van der Waals surface area contributed by atoms with E-state index in [9.17, 15) is 13.2 Å². The summed E-state index contributed by atoms with van der Waals surface area (Å²) < 4.78 is 38.1. The highest BCUT2D eigenvalue weighted by molar-refractivity contribution is 5.67. The smallest absolute Gasteiger partial charge is 0.383 e. The maximum atomic E-state index is 12.7. The highest BCUT2D eigenvalue weighted by Gasteiger charge is 2.34. The van der Waals surface area contributed by atoms with Gasteiger partial charge in [0.05, 0.1) is 5.56 Å². The van der Waals surface area contributed by atoms with E-state index in [0.29, 0.717) is 16.8 Å². The molecule has 0 spiro atoms. The van der Waals surface area contributed by atoms with Crippen LogP contribution >= 0.6 is 0 Å². The van der Waals surface area contributed by atoms with E-state index in [4.69, 9.17) is 5.73 Å².